The van der Waals surface area contributed by atoms with Gasteiger partial charge in [0.15, 0.2) is 0 Å². The number of halogens is 1. The third-order valence-electron chi connectivity index (χ3n) is 4.46. The van der Waals surface area contributed by atoms with Crippen molar-refractivity contribution in [1.82, 2.24) is 20.6 Å². The number of piperidine rings is 1. The molecule has 0 aliphatic carbocycles. The van der Waals surface area contributed by atoms with E-state index in [9.17, 15) is 14.0 Å². The van der Waals surface area contributed by atoms with E-state index in [0.29, 0.717) is 12.5 Å². The van der Waals surface area contributed by atoms with Crippen LogP contribution in [0.15, 0.2) is 42.7 Å². The van der Waals surface area contributed by atoms with Crippen LogP contribution in [0, 0.1) is 11.7 Å². The van der Waals surface area contributed by atoms with E-state index < -0.39 is 11.7 Å². The van der Waals surface area contributed by atoms with E-state index in [1.807, 2.05) is 4.90 Å². The minimum atomic E-state index is -0.565. The first kappa shape index (κ1) is 18.8. The van der Waals surface area contributed by atoms with Gasteiger partial charge in [-0.15, -0.1) is 0 Å². The van der Waals surface area contributed by atoms with E-state index in [0.717, 1.165) is 19.4 Å². The quantitative estimate of drug-likeness (QED) is 0.749. The van der Waals surface area contributed by atoms with Crippen LogP contribution in [0.5, 0.6) is 0 Å². The van der Waals surface area contributed by atoms with Crippen LogP contribution in [-0.2, 0) is 4.79 Å². The topological polar surface area (TPSA) is 87.2 Å². The number of rotatable bonds is 6. The number of hydrogen-bond acceptors (Lipinski definition) is 5. The molecule has 2 amide bonds. The number of amides is 2. The second kappa shape index (κ2) is 9.07. The van der Waals surface area contributed by atoms with Crippen LogP contribution in [0.3, 0.4) is 0 Å². The third kappa shape index (κ3) is 4.99. The molecule has 8 heteroatoms. The average Bonchev–Trinajstić information content (AvgIpc) is 2.72. The Morgan fingerprint density at radius 2 is 1.85 bits per heavy atom. The molecule has 0 bridgehead atoms. The second-order valence-corrected chi connectivity index (χ2v) is 6.36. The molecule has 1 aromatic carbocycles. The number of benzene rings is 1. The maximum Gasteiger partial charge on any atom is 0.254 e. The van der Waals surface area contributed by atoms with Crippen LogP contribution in [0.4, 0.5) is 10.3 Å². The molecule has 142 valence electrons. The largest absolute Gasteiger partial charge is 0.354 e. The van der Waals surface area contributed by atoms with Crippen LogP contribution in [0.25, 0.3) is 0 Å². The minimum Gasteiger partial charge on any atom is -0.354 e. The molecule has 1 fully saturated rings. The van der Waals surface area contributed by atoms with Crippen molar-refractivity contribution in [3.05, 3.63) is 54.1 Å². The molecule has 1 aliphatic rings. The Hall–Kier alpha value is -3.03. The van der Waals surface area contributed by atoms with Gasteiger partial charge < -0.3 is 15.5 Å². The molecule has 7 nitrogen and oxygen atoms in total. The van der Waals surface area contributed by atoms with Gasteiger partial charge in [-0.2, -0.15) is 0 Å². The molecule has 2 heterocycles. The number of carbonyl (C=O) groups excluding carboxylic acids is 2. The highest BCUT2D eigenvalue weighted by atomic mass is 19.1. The standard InChI is InChI=1S/C19H22FN5O2/c20-16-7-2-1-6-15(16)18(27)22-11-10-21-17(26)14-5-3-12-25(13-14)19-23-8-4-9-24-19/h1-2,4,6-9,14H,3,5,10-13H2,(H,21,26)(H,22,27). The molecule has 27 heavy (non-hydrogen) atoms. The summed E-state index contributed by atoms with van der Waals surface area (Å²) >= 11 is 0. The number of nitrogens with one attached hydrogen (secondary N) is 2. The summed E-state index contributed by atoms with van der Waals surface area (Å²) in [7, 11) is 0. The van der Waals surface area contributed by atoms with Crippen LogP contribution in [-0.4, -0.2) is 48.0 Å². The molecule has 1 aliphatic heterocycles. The molecule has 0 radical (unpaired) electrons. The predicted octanol–water partition coefficient (Wildman–Crippen LogP) is 1.38. The zero-order valence-electron chi connectivity index (χ0n) is 14.9. The number of nitrogens with zero attached hydrogens (tertiary/aromatic N) is 3. The van der Waals surface area contributed by atoms with E-state index in [1.54, 1.807) is 24.5 Å². The van der Waals surface area contributed by atoms with Gasteiger partial charge in [-0.05, 0) is 31.0 Å². The Labute approximate surface area is 157 Å². The molecule has 0 saturated carbocycles. The van der Waals surface area contributed by atoms with Crippen molar-refractivity contribution in [2.75, 3.05) is 31.1 Å². The van der Waals surface area contributed by atoms with Gasteiger partial charge in [0.25, 0.3) is 5.91 Å². The average molecular weight is 371 g/mol. The molecule has 2 N–H and O–H groups in total. The summed E-state index contributed by atoms with van der Waals surface area (Å²) in [6.07, 6.45) is 5.06. The monoisotopic (exact) mass is 371 g/mol. The Morgan fingerprint density at radius 3 is 2.63 bits per heavy atom. The lowest BCUT2D eigenvalue weighted by Gasteiger charge is -2.31. The Kier molecular flexibility index (Phi) is 6.30. The Morgan fingerprint density at radius 1 is 1.11 bits per heavy atom. The van der Waals surface area contributed by atoms with Crippen molar-refractivity contribution in [2.45, 2.75) is 12.8 Å². The maximum atomic E-state index is 13.6. The highest BCUT2D eigenvalue weighted by Crippen LogP contribution is 2.19. The van der Waals surface area contributed by atoms with Crippen molar-refractivity contribution in [2.24, 2.45) is 5.92 Å². The van der Waals surface area contributed by atoms with Gasteiger partial charge in [-0.3, -0.25) is 9.59 Å². The summed E-state index contributed by atoms with van der Waals surface area (Å²) in [5, 5.41) is 5.44. The fourth-order valence-electron chi connectivity index (χ4n) is 3.07. The number of aromatic nitrogens is 2. The van der Waals surface area contributed by atoms with Gasteiger partial charge in [0.2, 0.25) is 11.9 Å². The molecular weight excluding hydrogens is 349 g/mol. The summed E-state index contributed by atoms with van der Waals surface area (Å²) < 4.78 is 13.6. The van der Waals surface area contributed by atoms with Crippen molar-refractivity contribution in [1.29, 1.82) is 0 Å². The van der Waals surface area contributed by atoms with Gasteiger partial charge in [-0.25, -0.2) is 14.4 Å². The lowest BCUT2D eigenvalue weighted by atomic mass is 9.97. The first-order valence-electron chi connectivity index (χ1n) is 8.97. The van der Waals surface area contributed by atoms with Crippen LogP contribution in [0.2, 0.25) is 0 Å². The van der Waals surface area contributed by atoms with E-state index in [4.69, 9.17) is 0 Å². The van der Waals surface area contributed by atoms with Crippen LogP contribution < -0.4 is 15.5 Å². The summed E-state index contributed by atoms with van der Waals surface area (Å²) in [5.41, 5.74) is -0.00499. The normalized spacial score (nSPS) is 16.6. The minimum absolute atomic E-state index is 0.00499. The highest BCUT2D eigenvalue weighted by molar-refractivity contribution is 5.94. The number of hydrogen-bond donors (Lipinski definition) is 2. The zero-order chi connectivity index (χ0) is 19.1. The molecule has 1 saturated heterocycles. The molecular formula is C19H22FN5O2. The third-order valence-corrected chi connectivity index (χ3v) is 4.46. The molecule has 1 atom stereocenters. The van der Waals surface area contributed by atoms with Gasteiger partial charge >= 0.3 is 0 Å². The van der Waals surface area contributed by atoms with Crippen molar-refractivity contribution in [3.8, 4) is 0 Å². The number of carbonyl (C=O) groups is 2. The lowest BCUT2D eigenvalue weighted by Crippen LogP contribution is -2.45. The second-order valence-electron chi connectivity index (χ2n) is 6.36. The van der Waals surface area contributed by atoms with E-state index in [2.05, 4.69) is 20.6 Å². The van der Waals surface area contributed by atoms with Crippen molar-refractivity contribution < 1.29 is 14.0 Å². The fraction of sp³-hybridized carbons (Fsp3) is 0.368. The van der Waals surface area contributed by atoms with Gasteiger partial charge in [-0.1, -0.05) is 12.1 Å². The van der Waals surface area contributed by atoms with Crippen LogP contribution in [0.1, 0.15) is 23.2 Å². The summed E-state index contributed by atoms with van der Waals surface area (Å²) in [6.45, 7) is 1.92. The maximum absolute atomic E-state index is 13.6. The Bertz CT molecular complexity index is 787. The van der Waals surface area contributed by atoms with Crippen molar-refractivity contribution >= 4 is 17.8 Å². The lowest BCUT2D eigenvalue weighted by molar-refractivity contribution is -0.125. The van der Waals surface area contributed by atoms with Crippen LogP contribution >= 0.6 is 0 Å². The van der Waals surface area contributed by atoms with Gasteiger partial charge in [0.1, 0.15) is 5.82 Å². The highest BCUT2D eigenvalue weighted by Gasteiger charge is 2.26. The molecule has 2 aromatic rings. The SMILES string of the molecule is O=C(NCCNC(=O)C1CCCN(c2ncccn2)C1)c1ccccc1F. The molecule has 0 spiro atoms. The predicted molar refractivity (Wildman–Crippen MR) is 98.7 cm³/mol. The van der Waals surface area contributed by atoms with E-state index in [-0.39, 0.29) is 30.5 Å². The number of anilines is 1. The fourth-order valence-corrected chi connectivity index (χ4v) is 3.07. The van der Waals surface area contributed by atoms with Gasteiger partial charge in [0, 0.05) is 38.6 Å². The smallest absolute Gasteiger partial charge is 0.254 e. The first-order chi connectivity index (χ1) is 13.1. The van der Waals surface area contributed by atoms with E-state index in [1.165, 1.54) is 18.2 Å². The molecule has 3 rings (SSSR count). The molecule has 1 unspecified atom stereocenters. The molecule has 1 aromatic heterocycles. The van der Waals surface area contributed by atoms with E-state index >= 15 is 0 Å². The van der Waals surface area contributed by atoms with Gasteiger partial charge in [0.05, 0.1) is 11.5 Å². The summed E-state index contributed by atoms with van der Waals surface area (Å²) in [5.74, 6) is -0.635. The first-order valence-corrected chi connectivity index (χ1v) is 8.97. The summed E-state index contributed by atoms with van der Waals surface area (Å²) in [4.78, 5) is 34.8. The van der Waals surface area contributed by atoms with Crippen molar-refractivity contribution in [3.63, 3.8) is 0 Å². The summed E-state index contributed by atoms with van der Waals surface area (Å²) in [6, 6.07) is 7.55. The Balaban J connectivity index is 1.43. The zero-order valence-corrected chi connectivity index (χ0v) is 14.9.